The second-order valence-electron chi connectivity index (χ2n) is 14.2. The van der Waals surface area contributed by atoms with Crippen molar-refractivity contribution in [1.29, 1.82) is 0 Å². The minimum atomic E-state index is -1.52. The zero-order valence-electron chi connectivity index (χ0n) is 30.6. The number of hydrogen-bond donors (Lipinski definition) is 4. The summed E-state index contributed by atoms with van der Waals surface area (Å²) in [6.45, 7) is 12.8. The molecule has 0 saturated heterocycles. The molecule has 0 aliphatic rings. The van der Waals surface area contributed by atoms with Crippen molar-refractivity contribution >= 4 is 73.2 Å². The maximum atomic E-state index is 13.3. The molecule has 0 aliphatic carbocycles. The summed E-state index contributed by atoms with van der Waals surface area (Å²) in [5.74, 6) is -3.77. The van der Waals surface area contributed by atoms with Crippen LogP contribution < -0.4 is 21.3 Å². The van der Waals surface area contributed by atoms with Crippen molar-refractivity contribution in [1.82, 2.24) is 21.3 Å². The number of alkyl carbamates (subject to hydrolysis) is 2. The van der Waals surface area contributed by atoms with Crippen molar-refractivity contribution in [3.63, 3.8) is 0 Å². The van der Waals surface area contributed by atoms with E-state index in [-0.39, 0.29) is 12.8 Å². The molecule has 0 heterocycles. The van der Waals surface area contributed by atoms with E-state index in [9.17, 15) is 33.6 Å². The Morgan fingerprint density at radius 1 is 0.538 bits per heavy atom. The van der Waals surface area contributed by atoms with Crippen LogP contribution in [0.2, 0.25) is 0 Å². The Balaban J connectivity index is 2.10. The van der Waals surface area contributed by atoms with Gasteiger partial charge in [0.05, 0.1) is 12.1 Å². The number of benzene rings is 2. The lowest BCUT2D eigenvalue weighted by Gasteiger charge is -2.25. The fourth-order valence-electron chi connectivity index (χ4n) is 4.64. The SMILES string of the molecule is C[C@H](NC(=O)[C@H](Cc1ccccc1)NC(=O)OC(C)(C)C)C(=O)C(Br)C(=O)C(Br)C(=O)[C@H](C)NC(=O)[C@H](Cc1ccccc1)NC(=O)OC(C)(C)C. The molecule has 2 aromatic rings. The van der Waals surface area contributed by atoms with Crippen LogP contribution in [-0.2, 0) is 46.3 Å². The normalized spacial score (nSPS) is 15.0. The van der Waals surface area contributed by atoms with Gasteiger partial charge in [-0.1, -0.05) is 92.5 Å². The monoisotopic (exact) mass is 850 g/mol. The van der Waals surface area contributed by atoms with Crippen molar-refractivity contribution in [2.24, 2.45) is 0 Å². The summed E-state index contributed by atoms with van der Waals surface area (Å²) >= 11 is 6.14. The first-order chi connectivity index (χ1) is 24.1. The third-order valence-electron chi connectivity index (χ3n) is 7.15. The van der Waals surface area contributed by atoms with Crippen LogP contribution >= 0.6 is 31.9 Å². The highest BCUT2D eigenvalue weighted by Crippen LogP contribution is 2.17. The van der Waals surface area contributed by atoms with Gasteiger partial charge < -0.3 is 30.7 Å². The van der Waals surface area contributed by atoms with Gasteiger partial charge in [-0.05, 0) is 66.5 Å². The molecule has 0 spiro atoms. The van der Waals surface area contributed by atoms with E-state index in [1.54, 1.807) is 102 Å². The first kappa shape index (κ1) is 44.1. The maximum Gasteiger partial charge on any atom is 0.408 e. The minimum absolute atomic E-state index is 0.0879. The van der Waals surface area contributed by atoms with Crippen LogP contribution in [0.5, 0.6) is 0 Å². The lowest BCUT2D eigenvalue weighted by Crippen LogP contribution is -2.55. The summed E-state index contributed by atoms with van der Waals surface area (Å²) in [5, 5.41) is 10.2. The van der Waals surface area contributed by atoms with E-state index in [4.69, 9.17) is 9.47 Å². The Labute approximate surface area is 321 Å². The van der Waals surface area contributed by atoms with Crippen LogP contribution in [0.1, 0.15) is 66.5 Å². The van der Waals surface area contributed by atoms with Crippen LogP contribution in [0, 0.1) is 0 Å². The van der Waals surface area contributed by atoms with Gasteiger partial charge in [0.25, 0.3) is 0 Å². The zero-order valence-corrected chi connectivity index (χ0v) is 33.8. The van der Waals surface area contributed by atoms with Gasteiger partial charge in [-0.25, -0.2) is 9.59 Å². The molecule has 15 heteroatoms. The standard InChI is InChI=1S/C37H48Br2N4O9/c1-21(40-32(47)25(19-23-15-11-9-12-16-23)42-34(49)51-36(3,4)5)29(44)27(38)31(46)28(39)30(45)22(2)41-33(48)26(20-24-17-13-10-14-18-24)43-35(50)52-37(6,7)8/h9-18,21-22,25-28H,19-20H2,1-8H3,(H,40,47)(H,41,48)(H,42,49)(H,43,50)/t21-,22-,25-,26-,27?,28?/m0/s1. The van der Waals surface area contributed by atoms with Gasteiger partial charge in [-0.2, -0.15) is 0 Å². The highest BCUT2D eigenvalue weighted by Gasteiger charge is 2.38. The van der Waals surface area contributed by atoms with Crippen molar-refractivity contribution in [3.05, 3.63) is 71.8 Å². The van der Waals surface area contributed by atoms with E-state index in [0.29, 0.717) is 0 Å². The van der Waals surface area contributed by atoms with Gasteiger partial charge in [0.15, 0.2) is 17.3 Å². The average Bonchev–Trinajstić information content (AvgIpc) is 3.05. The molecule has 0 aromatic heterocycles. The number of carbonyl (C=O) groups is 7. The molecule has 0 fully saturated rings. The summed E-state index contributed by atoms with van der Waals surface area (Å²) < 4.78 is 10.6. The number of amides is 4. The number of hydrogen-bond acceptors (Lipinski definition) is 9. The van der Waals surface area contributed by atoms with E-state index in [1.807, 2.05) is 0 Å². The van der Waals surface area contributed by atoms with Crippen LogP contribution in [0.4, 0.5) is 9.59 Å². The summed E-state index contributed by atoms with van der Waals surface area (Å²) in [7, 11) is 0. The number of alkyl halides is 2. The largest absolute Gasteiger partial charge is 0.444 e. The number of carbonyl (C=O) groups excluding carboxylic acids is 7. The molecular weight excluding hydrogens is 804 g/mol. The second kappa shape index (κ2) is 19.6. The molecule has 0 radical (unpaired) electrons. The Bertz CT molecular complexity index is 1460. The van der Waals surface area contributed by atoms with E-state index < -0.39 is 86.4 Å². The quantitative estimate of drug-likeness (QED) is 0.139. The highest BCUT2D eigenvalue weighted by atomic mass is 79.9. The molecule has 52 heavy (non-hydrogen) atoms. The van der Waals surface area contributed by atoms with Crippen LogP contribution in [-0.4, -0.2) is 86.4 Å². The molecule has 0 saturated carbocycles. The fourth-order valence-corrected chi connectivity index (χ4v) is 6.31. The van der Waals surface area contributed by atoms with Crippen molar-refractivity contribution in [2.45, 2.75) is 113 Å². The van der Waals surface area contributed by atoms with Gasteiger partial charge in [-0.15, -0.1) is 0 Å². The molecule has 2 unspecified atom stereocenters. The Morgan fingerprint density at radius 3 is 1.13 bits per heavy atom. The second-order valence-corrected chi connectivity index (χ2v) is 16.0. The minimum Gasteiger partial charge on any atom is -0.444 e. The predicted molar refractivity (Wildman–Crippen MR) is 202 cm³/mol. The van der Waals surface area contributed by atoms with Gasteiger partial charge in [0.2, 0.25) is 11.8 Å². The summed E-state index contributed by atoms with van der Waals surface area (Å²) in [6.07, 6.45) is -1.48. The third-order valence-corrected chi connectivity index (χ3v) is 8.96. The van der Waals surface area contributed by atoms with E-state index in [1.165, 1.54) is 13.8 Å². The van der Waals surface area contributed by atoms with E-state index in [2.05, 4.69) is 53.1 Å². The summed E-state index contributed by atoms with van der Waals surface area (Å²) in [4.78, 5) is 88.6. The highest BCUT2D eigenvalue weighted by molar-refractivity contribution is 9.11. The molecule has 2 rings (SSSR count). The first-order valence-corrected chi connectivity index (χ1v) is 18.5. The Morgan fingerprint density at radius 2 is 0.846 bits per heavy atom. The first-order valence-electron chi connectivity index (χ1n) is 16.6. The van der Waals surface area contributed by atoms with Crippen molar-refractivity contribution < 1.29 is 43.0 Å². The number of ketones is 3. The number of halogens is 2. The molecule has 0 bridgehead atoms. The molecule has 6 atom stereocenters. The lowest BCUT2D eigenvalue weighted by molar-refractivity contribution is -0.133. The number of ether oxygens (including phenoxy) is 2. The fraction of sp³-hybridized carbons (Fsp3) is 0.486. The Hall–Kier alpha value is -4.11. The van der Waals surface area contributed by atoms with Crippen LogP contribution in [0.3, 0.4) is 0 Å². The van der Waals surface area contributed by atoms with E-state index in [0.717, 1.165) is 11.1 Å². The molecule has 284 valence electrons. The topological polar surface area (TPSA) is 186 Å². The molecule has 0 aliphatic heterocycles. The van der Waals surface area contributed by atoms with Gasteiger partial charge in [0.1, 0.15) is 32.9 Å². The zero-order chi connectivity index (χ0) is 39.4. The van der Waals surface area contributed by atoms with Gasteiger partial charge in [-0.3, -0.25) is 24.0 Å². The van der Waals surface area contributed by atoms with Crippen LogP contribution in [0.15, 0.2) is 60.7 Å². The lowest BCUT2D eigenvalue weighted by atomic mass is 10.0. The molecule has 13 nitrogen and oxygen atoms in total. The average molecular weight is 853 g/mol. The smallest absolute Gasteiger partial charge is 0.408 e. The van der Waals surface area contributed by atoms with Crippen LogP contribution in [0.25, 0.3) is 0 Å². The number of nitrogens with one attached hydrogen (secondary N) is 4. The third kappa shape index (κ3) is 15.2. The summed E-state index contributed by atoms with van der Waals surface area (Å²) in [6, 6.07) is 13.1. The Kier molecular flexibility index (Phi) is 16.6. The van der Waals surface area contributed by atoms with Crippen molar-refractivity contribution in [2.75, 3.05) is 0 Å². The molecule has 4 N–H and O–H groups in total. The van der Waals surface area contributed by atoms with Crippen molar-refractivity contribution in [3.8, 4) is 0 Å². The molecule has 2 aromatic carbocycles. The van der Waals surface area contributed by atoms with Gasteiger partial charge in [0, 0.05) is 12.8 Å². The summed E-state index contributed by atoms with van der Waals surface area (Å²) in [5.41, 5.74) is -0.175. The number of rotatable bonds is 16. The maximum absolute atomic E-state index is 13.3. The molecule has 4 amide bonds. The number of Topliss-reactive ketones (excluding diaryl/α,β-unsaturated/α-hetero) is 3. The van der Waals surface area contributed by atoms with Gasteiger partial charge >= 0.3 is 12.2 Å². The predicted octanol–water partition coefficient (Wildman–Crippen LogP) is 4.50. The van der Waals surface area contributed by atoms with E-state index >= 15 is 0 Å². The molecular formula is C37H48Br2N4O9.